The van der Waals surface area contributed by atoms with Gasteiger partial charge in [-0.15, -0.1) is 0 Å². The molecule has 1 heterocycles. The Morgan fingerprint density at radius 1 is 0.758 bits per heavy atom. The lowest BCUT2D eigenvalue weighted by atomic mass is 9.85. The zero-order chi connectivity index (χ0) is 23.4. The first-order chi connectivity index (χ1) is 16.0. The van der Waals surface area contributed by atoms with Crippen LogP contribution in [0.25, 0.3) is 11.1 Å². The van der Waals surface area contributed by atoms with Gasteiger partial charge in [0.2, 0.25) is 0 Å². The number of nitrogens with zero attached hydrogens (tertiary/aromatic N) is 1. The number of aromatic nitrogens is 1. The minimum Gasteiger partial charge on any atom is -0.481 e. The van der Waals surface area contributed by atoms with Gasteiger partial charge < -0.3 is 5.11 Å². The molecule has 0 aliphatic rings. The molecule has 0 saturated heterocycles. The zero-order valence-electron chi connectivity index (χ0n) is 18.0. The molecule has 5 heteroatoms. The Labute approximate surface area is 191 Å². The number of rotatable bonds is 7. The molecule has 1 aromatic heterocycles. The van der Waals surface area contributed by atoms with E-state index in [1.165, 1.54) is 6.20 Å². The molecule has 162 valence electrons. The quantitative estimate of drug-likeness (QED) is 0.406. The van der Waals surface area contributed by atoms with E-state index in [1.807, 2.05) is 37.3 Å². The van der Waals surface area contributed by atoms with Gasteiger partial charge in [0, 0.05) is 28.5 Å². The monoisotopic (exact) mass is 435 g/mol. The third kappa shape index (κ3) is 4.48. The molecule has 5 nitrogen and oxygen atoms in total. The molecule has 1 N–H and O–H groups in total. The molecule has 0 saturated carbocycles. The third-order valence-corrected chi connectivity index (χ3v) is 5.43. The molecule has 0 amide bonds. The van der Waals surface area contributed by atoms with Crippen molar-refractivity contribution in [2.75, 3.05) is 0 Å². The molecule has 0 aliphatic heterocycles. The molecule has 0 atom stereocenters. The highest BCUT2D eigenvalue weighted by Gasteiger charge is 2.28. The van der Waals surface area contributed by atoms with Crippen LogP contribution in [-0.2, 0) is 11.2 Å². The van der Waals surface area contributed by atoms with Crippen LogP contribution in [0.1, 0.15) is 43.1 Å². The van der Waals surface area contributed by atoms with E-state index in [0.29, 0.717) is 22.3 Å². The standard InChI is InChI=1S/C28H21NO4/c1-18-10-8-9-15-21(18)25-22(27(32)19-11-4-2-5-12-19)17-29-23(16-24(30)31)26(25)28(33)20-13-6-3-7-14-20/h2-15,17H,16H2,1H3,(H,30,31). The molecule has 0 radical (unpaired) electrons. The van der Waals surface area contributed by atoms with Crippen LogP contribution in [-0.4, -0.2) is 27.6 Å². The van der Waals surface area contributed by atoms with E-state index in [1.54, 1.807) is 54.6 Å². The van der Waals surface area contributed by atoms with Crippen molar-refractivity contribution in [3.63, 3.8) is 0 Å². The van der Waals surface area contributed by atoms with E-state index < -0.39 is 12.4 Å². The van der Waals surface area contributed by atoms with Gasteiger partial charge in [0.1, 0.15) is 0 Å². The minimum atomic E-state index is -1.11. The van der Waals surface area contributed by atoms with Crippen molar-refractivity contribution in [2.24, 2.45) is 0 Å². The predicted octanol–water partition coefficient (Wildman–Crippen LogP) is 5.15. The Morgan fingerprint density at radius 2 is 1.30 bits per heavy atom. The van der Waals surface area contributed by atoms with Crippen LogP contribution in [0.4, 0.5) is 0 Å². The Bertz CT molecular complexity index is 1350. The molecular formula is C28H21NO4. The Balaban J connectivity index is 2.07. The zero-order valence-corrected chi connectivity index (χ0v) is 18.0. The van der Waals surface area contributed by atoms with Gasteiger partial charge in [0.25, 0.3) is 0 Å². The molecule has 0 unspecified atom stereocenters. The maximum absolute atomic E-state index is 13.7. The van der Waals surface area contributed by atoms with Gasteiger partial charge in [-0.1, -0.05) is 84.9 Å². The summed E-state index contributed by atoms with van der Waals surface area (Å²) in [4.78, 5) is 43.2. The van der Waals surface area contributed by atoms with Crippen LogP contribution in [0.3, 0.4) is 0 Å². The largest absolute Gasteiger partial charge is 0.481 e. The van der Waals surface area contributed by atoms with E-state index in [-0.39, 0.29) is 28.4 Å². The van der Waals surface area contributed by atoms with Crippen molar-refractivity contribution < 1.29 is 19.5 Å². The van der Waals surface area contributed by atoms with E-state index in [2.05, 4.69) is 4.98 Å². The van der Waals surface area contributed by atoms with Gasteiger partial charge in [-0.05, 0) is 18.1 Å². The maximum atomic E-state index is 13.7. The van der Waals surface area contributed by atoms with E-state index in [0.717, 1.165) is 5.56 Å². The molecule has 0 aliphatic carbocycles. The lowest BCUT2D eigenvalue weighted by Crippen LogP contribution is -2.17. The molecule has 33 heavy (non-hydrogen) atoms. The summed E-state index contributed by atoms with van der Waals surface area (Å²) in [5, 5.41) is 9.50. The normalized spacial score (nSPS) is 10.6. The predicted molar refractivity (Wildman–Crippen MR) is 125 cm³/mol. The molecular weight excluding hydrogens is 414 g/mol. The Hall–Kier alpha value is -4.38. The lowest BCUT2D eigenvalue weighted by Gasteiger charge is -2.18. The van der Waals surface area contributed by atoms with Gasteiger partial charge in [-0.2, -0.15) is 0 Å². The first-order valence-corrected chi connectivity index (χ1v) is 10.5. The van der Waals surface area contributed by atoms with Gasteiger partial charge >= 0.3 is 5.97 Å². The molecule has 0 spiro atoms. The fourth-order valence-electron chi connectivity index (χ4n) is 3.86. The molecule has 4 aromatic rings. The number of pyridine rings is 1. The summed E-state index contributed by atoms with van der Waals surface area (Å²) < 4.78 is 0. The summed E-state index contributed by atoms with van der Waals surface area (Å²) in [6.07, 6.45) is 0.948. The van der Waals surface area contributed by atoms with Crippen LogP contribution in [0.2, 0.25) is 0 Å². The van der Waals surface area contributed by atoms with E-state index in [9.17, 15) is 19.5 Å². The number of aryl methyl sites for hydroxylation is 1. The number of ketones is 2. The number of carbonyl (C=O) groups excluding carboxylic acids is 2. The number of hydrogen-bond acceptors (Lipinski definition) is 4. The van der Waals surface area contributed by atoms with Crippen molar-refractivity contribution in [3.05, 3.63) is 125 Å². The van der Waals surface area contributed by atoms with Crippen molar-refractivity contribution in [2.45, 2.75) is 13.3 Å². The van der Waals surface area contributed by atoms with Crippen molar-refractivity contribution in [1.29, 1.82) is 0 Å². The summed E-state index contributed by atoms with van der Waals surface area (Å²) in [6.45, 7) is 1.89. The average molecular weight is 435 g/mol. The number of carboxylic acid groups (broad SMARTS) is 1. The topological polar surface area (TPSA) is 84.3 Å². The number of hydrogen-bond donors (Lipinski definition) is 1. The molecule has 4 rings (SSSR count). The van der Waals surface area contributed by atoms with Crippen molar-refractivity contribution in [1.82, 2.24) is 4.98 Å². The number of aliphatic carboxylic acids is 1. The summed E-state index contributed by atoms with van der Waals surface area (Å²) in [6, 6.07) is 24.8. The van der Waals surface area contributed by atoms with Crippen molar-refractivity contribution in [3.8, 4) is 11.1 Å². The summed E-state index contributed by atoms with van der Waals surface area (Å²) >= 11 is 0. The summed E-state index contributed by atoms with van der Waals surface area (Å²) in [5.74, 6) is -1.77. The highest BCUT2D eigenvalue weighted by molar-refractivity contribution is 6.20. The van der Waals surface area contributed by atoms with E-state index in [4.69, 9.17) is 0 Å². The number of carbonyl (C=O) groups is 3. The first-order valence-electron chi connectivity index (χ1n) is 10.5. The van der Waals surface area contributed by atoms with Crippen molar-refractivity contribution >= 4 is 17.5 Å². The fraction of sp³-hybridized carbons (Fsp3) is 0.0714. The van der Waals surface area contributed by atoms with Crippen LogP contribution in [0, 0.1) is 6.92 Å². The van der Waals surface area contributed by atoms with E-state index >= 15 is 0 Å². The van der Waals surface area contributed by atoms with Gasteiger partial charge in [-0.25, -0.2) is 0 Å². The average Bonchev–Trinajstić information content (AvgIpc) is 2.84. The summed E-state index contributed by atoms with van der Waals surface area (Å²) in [7, 11) is 0. The SMILES string of the molecule is Cc1ccccc1-c1c(C(=O)c2ccccc2)cnc(CC(=O)O)c1C(=O)c1ccccc1. The van der Waals surface area contributed by atoms with Crippen LogP contribution < -0.4 is 0 Å². The summed E-state index contributed by atoms with van der Waals surface area (Å²) in [5.41, 5.74) is 3.31. The highest BCUT2D eigenvalue weighted by atomic mass is 16.4. The fourth-order valence-corrected chi connectivity index (χ4v) is 3.86. The number of benzene rings is 3. The van der Waals surface area contributed by atoms with Crippen LogP contribution in [0.15, 0.2) is 91.1 Å². The van der Waals surface area contributed by atoms with Gasteiger partial charge in [0.05, 0.1) is 17.7 Å². The Morgan fingerprint density at radius 3 is 1.88 bits per heavy atom. The molecule has 0 bridgehead atoms. The Kier molecular flexibility index (Phi) is 6.22. The molecule has 0 fully saturated rings. The second kappa shape index (κ2) is 9.40. The van der Waals surface area contributed by atoms with Crippen LogP contribution in [0.5, 0.6) is 0 Å². The number of carboxylic acids is 1. The first kappa shape index (κ1) is 21.8. The minimum absolute atomic E-state index is 0.124. The van der Waals surface area contributed by atoms with Gasteiger partial charge in [0.15, 0.2) is 11.6 Å². The third-order valence-electron chi connectivity index (χ3n) is 5.43. The maximum Gasteiger partial charge on any atom is 0.309 e. The smallest absolute Gasteiger partial charge is 0.309 e. The van der Waals surface area contributed by atoms with Crippen LogP contribution >= 0.6 is 0 Å². The second-order valence-corrected chi connectivity index (χ2v) is 7.64. The highest BCUT2D eigenvalue weighted by Crippen LogP contribution is 2.34. The molecule has 3 aromatic carbocycles. The van der Waals surface area contributed by atoms with Gasteiger partial charge in [-0.3, -0.25) is 19.4 Å². The lowest BCUT2D eigenvalue weighted by molar-refractivity contribution is -0.136. The second-order valence-electron chi connectivity index (χ2n) is 7.64.